The summed E-state index contributed by atoms with van der Waals surface area (Å²) in [6.07, 6.45) is 0. The number of nitrogen functional groups attached to an aromatic ring is 1. The van der Waals surface area contributed by atoms with Gasteiger partial charge in [-0.2, -0.15) is 4.37 Å². The maximum Gasteiger partial charge on any atom is 0.363 e. The van der Waals surface area contributed by atoms with Crippen LogP contribution in [0.1, 0.15) is 10.5 Å². The lowest BCUT2D eigenvalue weighted by Crippen LogP contribution is -2.08. The molecule has 1 aromatic heterocycles. The highest BCUT2D eigenvalue weighted by Gasteiger charge is 2.13. The first-order valence-corrected chi connectivity index (χ1v) is 5.92. The van der Waals surface area contributed by atoms with Gasteiger partial charge in [0, 0.05) is 6.07 Å². The monoisotopic (exact) mass is 298 g/mol. The van der Waals surface area contributed by atoms with Gasteiger partial charge in [0.05, 0.1) is 4.47 Å². The molecule has 0 aliphatic rings. The second kappa shape index (κ2) is 4.63. The molecule has 1 heterocycles. The van der Waals surface area contributed by atoms with Crippen LogP contribution >= 0.6 is 27.5 Å². The maximum absolute atomic E-state index is 11.6. The molecule has 0 radical (unpaired) electrons. The third-order valence-corrected chi connectivity index (χ3v) is 3.05. The number of carbonyl (C=O) groups excluding carboxylic acids is 1. The van der Waals surface area contributed by atoms with E-state index in [1.54, 1.807) is 18.2 Å². The number of carbonyl (C=O) groups is 1. The van der Waals surface area contributed by atoms with Gasteiger partial charge in [0.1, 0.15) is 10.8 Å². The Morgan fingerprint density at radius 2 is 2.19 bits per heavy atom. The Morgan fingerprint density at radius 3 is 2.81 bits per heavy atom. The fourth-order valence-electron chi connectivity index (χ4n) is 1.07. The van der Waals surface area contributed by atoms with Crippen LogP contribution in [0.3, 0.4) is 0 Å². The first-order valence-electron chi connectivity index (χ1n) is 4.36. The molecule has 0 fully saturated rings. The Morgan fingerprint density at radius 1 is 1.44 bits per heavy atom. The van der Waals surface area contributed by atoms with Crippen LogP contribution < -0.4 is 10.5 Å². The van der Waals surface area contributed by atoms with E-state index in [1.807, 2.05) is 6.07 Å². The number of anilines is 1. The SMILES string of the molecule is Nc1cc(C(=O)Oc2ccccc2Br)ns1. The Kier molecular flexibility index (Phi) is 3.21. The second-order valence-corrected chi connectivity index (χ2v) is 4.63. The summed E-state index contributed by atoms with van der Waals surface area (Å²) in [5, 5.41) is 0.485. The molecule has 2 N–H and O–H groups in total. The van der Waals surface area contributed by atoms with Gasteiger partial charge in [-0.1, -0.05) is 12.1 Å². The van der Waals surface area contributed by atoms with Gasteiger partial charge in [-0.3, -0.25) is 0 Å². The van der Waals surface area contributed by atoms with E-state index in [2.05, 4.69) is 20.3 Å². The Labute approximate surface area is 104 Å². The van der Waals surface area contributed by atoms with Crippen molar-refractivity contribution in [1.29, 1.82) is 0 Å². The zero-order valence-electron chi connectivity index (χ0n) is 8.01. The van der Waals surface area contributed by atoms with Gasteiger partial charge >= 0.3 is 5.97 Å². The van der Waals surface area contributed by atoms with Crippen LogP contribution in [0.15, 0.2) is 34.8 Å². The van der Waals surface area contributed by atoms with E-state index >= 15 is 0 Å². The third-order valence-electron chi connectivity index (χ3n) is 1.78. The van der Waals surface area contributed by atoms with Crippen LogP contribution in [-0.4, -0.2) is 10.3 Å². The molecule has 2 aromatic rings. The number of aromatic nitrogens is 1. The van der Waals surface area contributed by atoms with Crippen LogP contribution in [0.4, 0.5) is 5.00 Å². The summed E-state index contributed by atoms with van der Waals surface area (Å²) in [5.74, 6) is -0.0566. The molecule has 0 spiro atoms. The van der Waals surface area contributed by atoms with Crippen LogP contribution in [0.25, 0.3) is 0 Å². The highest BCUT2D eigenvalue weighted by atomic mass is 79.9. The zero-order valence-corrected chi connectivity index (χ0v) is 10.4. The van der Waals surface area contributed by atoms with Crippen molar-refractivity contribution >= 4 is 38.4 Å². The fraction of sp³-hybridized carbons (Fsp3) is 0. The van der Waals surface area contributed by atoms with Crippen molar-refractivity contribution in [3.05, 3.63) is 40.5 Å². The maximum atomic E-state index is 11.6. The first kappa shape index (κ1) is 11.1. The molecule has 2 rings (SSSR count). The van der Waals surface area contributed by atoms with E-state index in [9.17, 15) is 4.79 Å². The van der Waals surface area contributed by atoms with E-state index < -0.39 is 5.97 Å². The van der Waals surface area contributed by atoms with Crippen molar-refractivity contribution in [3.8, 4) is 5.75 Å². The molecule has 0 amide bonds. The summed E-state index contributed by atoms with van der Waals surface area (Å²) in [6, 6.07) is 8.59. The van der Waals surface area contributed by atoms with Gasteiger partial charge in [-0.25, -0.2) is 4.79 Å². The second-order valence-electron chi connectivity index (χ2n) is 2.93. The summed E-state index contributed by atoms with van der Waals surface area (Å²) >= 11 is 4.35. The molecule has 16 heavy (non-hydrogen) atoms. The number of esters is 1. The summed E-state index contributed by atoms with van der Waals surface area (Å²) in [7, 11) is 0. The van der Waals surface area contributed by atoms with Crippen LogP contribution in [-0.2, 0) is 0 Å². The number of ether oxygens (including phenoxy) is 1. The van der Waals surface area contributed by atoms with Crippen molar-refractivity contribution in [1.82, 2.24) is 4.37 Å². The Hall–Kier alpha value is -1.40. The van der Waals surface area contributed by atoms with E-state index in [0.29, 0.717) is 15.2 Å². The minimum Gasteiger partial charge on any atom is -0.421 e. The summed E-state index contributed by atoms with van der Waals surface area (Å²) in [5.41, 5.74) is 5.70. The lowest BCUT2D eigenvalue weighted by molar-refractivity contribution is 0.0729. The molecule has 0 saturated carbocycles. The third kappa shape index (κ3) is 2.40. The van der Waals surface area contributed by atoms with Crippen molar-refractivity contribution in [3.63, 3.8) is 0 Å². The summed E-state index contributed by atoms with van der Waals surface area (Å²) in [6.45, 7) is 0. The van der Waals surface area contributed by atoms with E-state index in [1.165, 1.54) is 6.07 Å². The molecule has 0 bridgehead atoms. The predicted octanol–water partition coefficient (Wildman–Crippen LogP) is 2.71. The van der Waals surface area contributed by atoms with Crippen LogP contribution in [0.5, 0.6) is 5.75 Å². The fourth-order valence-corrected chi connectivity index (χ4v) is 1.93. The minimum atomic E-state index is -0.514. The number of hydrogen-bond acceptors (Lipinski definition) is 5. The van der Waals surface area contributed by atoms with Gasteiger partial charge < -0.3 is 10.5 Å². The largest absolute Gasteiger partial charge is 0.421 e. The average molecular weight is 299 g/mol. The Balaban J connectivity index is 2.17. The van der Waals surface area contributed by atoms with E-state index in [-0.39, 0.29) is 5.69 Å². The van der Waals surface area contributed by atoms with Gasteiger partial charge in [0.15, 0.2) is 5.69 Å². The van der Waals surface area contributed by atoms with Crippen molar-refractivity contribution < 1.29 is 9.53 Å². The van der Waals surface area contributed by atoms with E-state index in [4.69, 9.17) is 10.5 Å². The zero-order chi connectivity index (χ0) is 11.5. The van der Waals surface area contributed by atoms with Gasteiger partial charge in [0.2, 0.25) is 0 Å². The standard InChI is InChI=1S/C10H7BrN2O2S/c11-6-3-1-2-4-8(6)15-10(14)7-5-9(12)16-13-7/h1-5H,12H2. The van der Waals surface area contributed by atoms with Crippen LogP contribution in [0, 0.1) is 0 Å². The van der Waals surface area contributed by atoms with Gasteiger partial charge in [-0.05, 0) is 39.6 Å². The normalized spacial score (nSPS) is 10.1. The number of benzene rings is 1. The lowest BCUT2D eigenvalue weighted by Gasteiger charge is -2.03. The number of nitrogens with zero attached hydrogens (tertiary/aromatic N) is 1. The molecular weight excluding hydrogens is 292 g/mol. The molecule has 0 aliphatic carbocycles. The molecule has 0 atom stereocenters. The summed E-state index contributed by atoms with van der Waals surface area (Å²) in [4.78, 5) is 11.6. The molecule has 0 unspecified atom stereocenters. The highest BCUT2D eigenvalue weighted by Crippen LogP contribution is 2.25. The number of para-hydroxylation sites is 1. The molecule has 82 valence electrons. The molecule has 4 nitrogen and oxygen atoms in total. The molecule has 0 saturated heterocycles. The molecular formula is C10H7BrN2O2S. The average Bonchev–Trinajstić information content (AvgIpc) is 2.68. The number of rotatable bonds is 2. The quantitative estimate of drug-likeness (QED) is 0.684. The first-order chi connectivity index (χ1) is 7.66. The van der Waals surface area contributed by atoms with Gasteiger partial charge in [-0.15, -0.1) is 0 Å². The molecule has 6 heteroatoms. The Bertz CT molecular complexity index is 527. The molecule has 1 aromatic carbocycles. The smallest absolute Gasteiger partial charge is 0.363 e. The minimum absolute atomic E-state index is 0.221. The van der Waals surface area contributed by atoms with Gasteiger partial charge in [0.25, 0.3) is 0 Å². The molecule has 0 aliphatic heterocycles. The summed E-state index contributed by atoms with van der Waals surface area (Å²) < 4.78 is 9.73. The predicted molar refractivity (Wildman–Crippen MR) is 65.6 cm³/mol. The van der Waals surface area contributed by atoms with Crippen molar-refractivity contribution in [2.24, 2.45) is 0 Å². The van der Waals surface area contributed by atoms with Crippen LogP contribution in [0.2, 0.25) is 0 Å². The highest BCUT2D eigenvalue weighted by molar-refractivity contribution is 9.10. The number of halogens is 1. The topological polar surface area (TPSA) is 65.2 Å². The van der Waals surface area contributed by atoms with Crippen molar-refractivity contribution in [2.45, 2.75) is 0 Å². The van der Waals surface area contributed by atoms with Crippen molar-refractivity contribution in [2.75, 3.05) is 5.73 Å². The number of hydrogen-bond donors (Lipinski definition) is 1. The van der Waals surface area contributed by atoms with E-state index in [0.717, 1.165) is 11.5 Å². The number of nitrogens with two attached hydrogens (primary N) is 1. The lowest BCUT2D eigenvalue weighted by atomic mass is 10.3.